The normalized spacial score (nSPS) is 10.5. The second-order valence-corrected chi connectivity index (χ2v) is 6.27. The molecule has 0 atom stereocenters. The number of amides is 3. The SMILES string of the molecule is Cc1ccc(NC(=O)CCC(=O)NNC(=O)/C=C/c2ccc(F)cc2)cc1C. The molecule has 0 aromatic heterocycles. The van der Waals surface area contributed by atoms with Gasteiger partial charge >= 0.3 is 0 Å². The number of anilines is 1. The van der Waals surface area contributed by atoms with Crippen molar-refractivity contribution in [3.63, 3.8) is 0 Å². The minimum atomic E-state index is -0.544. The topological polar surface area (TPSA) is 87.3 Å². The molecule has 3 N–H and O–H groups in total. The summed E-state index contributed by atoms with van der Waals surface area (Å²) in [4.78, 5) is 35.3. The lowest BCUT2D eigenvalue weighted by Crippen LogP contribution is -2.41. The van der Waals surface area contributed by atoms with Crippen LogP contribution < -0.4 is 16.2 Å². The quantitative estimate of drug-likeness (QED) is 0.529. The molecule has 28 heavy (non-hydrogen) atoms. The molecule has 0 radical (unpaired) electrons. The molecule has 2 aromatic rings. The third kappa shape index (κ3) is 7.03. The van der Waals surface area contributed by atoms with Crippen LogP contribution in [0.4, 0.5) is 10.1 Å². The maximum atomic E-state index is 12.8. The first-order chi connectivity index (χ1) is 13.3. The molecule has 0 aliphatic rings. The Kier molecular flexibility index (Phi) is 7.45. The molecule has 3 amide bonds. The first-order valence-corrected chi connectivity index (χ1v) is 8.73. The number of nitrogens with one attached hydrogen (secondary N) is 3. The van der Waals surface area contributed by atoms with Crippen LogP contribution in [-0.4, -0.2) is 17.7 Å². The van der Waals surface area contributed by atoms with Crippen LogP contribution in [0.2, 0.25) is 0 Å². The summed E-state index contributed by atoms with van der Waals surface area (Å²) in [6.45, 7) is 3.93. The van der Waals surface area contributed by atoms with Crippen LogP contribution in [0.15, 0.2) is 48.5 Å². The summed E-state index contributed by atoms with van der Waals surface area (Å²) in [5.41, 5.74) is 7.96. The molecule has 0 bridgehead atoms. The first kappa shape index (κ1) is 20.8. The number of halogens is 1. The Balaban J connectivity index is 1.70. The minimum absolute atomic E-state index is 0.0138. The Morgan fingerprint density at radius 2 is 1.57 bits per heavy atom. The van der Waals surface area contributed by atoms with E-state index in [4.69, 9.17) is 0 Å². The molecular formula is C21H22FN3O3. The molecule has 0 saturated carbocycles. The zero-order valence-corrected chi connectivity index (χ0v) is 15.7. The zero-order chi connectivity index (χ0) is 20.5. The van der Waals surface area contributed by atoms with E-state index in [0.29, 0.717) is 11.3 Å². The van der Waals surface area contributed by atoms with Gasteiger partial charge in [-0.3, -0.25) is 25.2 Å². The highest BCUT2D eigenvalue weighted by atomic mass is 19.1. The van der Waals surface area contributed by atoms with Gasteiger partial charge in [-0.15, -0.1) is 0 Å². The highest BCUT2D eigenvalue weighted by Gasteiger charge is 2.08. The fourth-order valence-electron chi connectivity index (χ4n) is 2.25. The zero-order valence-electron chi connectivity index (χ0n) is 15.7. The number of carbonyl (C=O) groups excluding carboxylic acids is 3. The molecule has 7 heteroatoms. The largest absolute Gasteiger partial charge is 0.326 e. The van der Waals surface area contributed by atoms with Crippen molar-refractivity contribution in [2.24, 2.45) is 0 Å². The van der Waals surface area contributed by atoms with Crippen molar-refractivity contribution in [2.75, 3.05) is 5.32 Å². The van der Waals surface area contributed by atoms with Crippen LogP contribution in [0.5, 0.6) is 0 Å². The number of hydrazine groups is 1. The molecule has 146 valence electrons. The van der Waals surface area contributed by atoms with Gasteiger partial charge in [0.25, 0.3) is 5.91 Å². The average Bonchev–Trinajstić information content (AvgIpc) is 2.67. The van der Waals surface area contributed by atoms with Gasteiger partial charge in [-0.2, -0.15) is 0 Å². The van der Waals surface area contributed by atoms with Gasteiger partial charge in [-0.1, -0.05) is 18.2 Å². The molecule has 6 nitrogen and oxygen atoms in total. The van der Waals surface area contributed by atoms with E-state index in [1.54, 1.807) is 6.07 Å². The Morgan fingerprint density at radius 1 is 0.893 bits per heavy atom. The van der Waals surface area contributed by atoms with E-state index in [-0.39, 0.29) is 24.6 Å². The molecule has 2 rings (SSSR count). The Morgan fingerprint density at radius 3 is 2.25 bits per heavy atom. The summed E-state index contributed by atoms with van der Waals surface area (Å²) in [6.07, 6.45) is 2.61. The van der Waals surface area contributed by atoms with Gasteiger partial charge in [0.1, 0.15) is 5.82 Å². The molecule has 0 fully saturated rings. The van der Waals surface area contributed by atoms with E-state index in [1.165, 1.54) is 36.4 Å². The van der Waals surface area contributed by atoms with E-state index in [1.807, 2.05) is 26.0 Å². The maximum absolute atomic E-state index is 12.8. The van der Waals surface area contributed by atoms with Gasteiger partial charge in [0, 0.05) is 24.6 Å². The number of hydrogen-bond acceptors (Lipinski definition) is 3. The minimum Gasteiger partial charge on any atom is -0.326 e. The van der Waals surface area contributed by atoms with Crippen molar-refractivity contribution in [3.05, 3.63) is 71.0 Å². The first-order valence-electron chi connectivity index (χ1n) is 8.73. The van der Waals surface area contributed by atoms with Crippen LogP contribution in [0.3, 0.4) is 0 Å². The van der Waals surface area contributed by atoms with E-state index in [2.05, 4.69) is 16.2 Å². The Hall–Kier alpha value is -3.48. The fourth-order valence-corrected chi connectivity index (χ4v) is 2.25. The lowest BCUT2D eigenvalue weighted by atomic mass is 10.1. The predicted octanol–water partition coefficient (Wildman–Crippen LogP) is 3.02. The summed E-state index contributed by atoms with van der Waals surface area (Å²) in [5, 5.41) is 2.73. The van der Waals surface area contributed by atoms with E-state index in [0.717, 1.165) is 11.1 Å². The Labute approximate surface area is 162 Å². The van der Waals surface area contributed by atoms with E-state index < -0.39 is 11.8 Å². The van der Waals surface area contributed by atoms with Gasteiger partial charge in [-0.05, 0) is 60.9 Å². The molecule has 0 spiro atoms. The lowest BCUT2D eigenvalue weighted by molar-refractivity contribution is -0.128. The van der Waals surface area contributed by atoms with Crippen LogP contribution in [-0.2, 0) is 14.4 Å². The molecule has 0 aliphatic heterocycles. The molecular weight excluding hydrogens is 361 g/mol. The average molecular weight is 383 g/mol. The summed E-state index contributed by atoms with van der Waals surface area (Å²) in [6, 6.07) is 11.2. The molecule has 0 heterocycles. The molecule has 2 aromatic carbocycles. The molecule has 0 aliphatic carbocycles. The molecule has 0 saturated heterocycles. The van der Waals surface area contributed by atoms with Gasteiger partial charge in [0.15, 0.2) is 0 Å². The van der Waals surface area contributed by atoms with Crippen molar-refractivity contribution in [3.8, 4) is 0 Å². The Bertz CT molecular complexity index is 892. The van der Waals surface area contributed by atoms with Crippen LogP contribution in [0.1, 0.15) is 29.5 Å². The van der Waals surface area contributed by atoms with Crippen molar-refractivity contribution in [1.29, 1.82) is 0 Å². The van der Waals surface area contributed by atoms with E-state index in [9.17, 15) is 18.8 Å². The second-order valence-electron chi connectivity index (χ2n) is 6.27. The number of hydrogen-bond donors (Lipinski definition) is 3. The summed E-state index contributed by atoms with van der Waals surface area (Å²) in [7, 11) is 0. The monoisotopic (exact) mass is 383 g/mol. The van der Waals surface area contributed by atoms with Crippen LogP contribution in [0.25, 0.3) is 6.08 Å². The van der Waals surface area contributed by atoms with Gasteiger partial charge in [-0.25, -0.2) is 4.39 Å². The molecule has 0 unspecified atom stereocenters. The lowest BCUT2D eigenvalue weighted by Gasteiger charge is -2.08. The number of aryl methyl sites for hydroxylation is 2. The van der Waals surface area contributed by atoms with Crippen LogP contribution >= 0.6 is 0 Å². The number of rotatable bonds is 6. The predicted molar refractivity (Wildman–Crippen MR) is 105 cm³/mol. The highest BCUT2D eigenvalue weighted by molar-refractivity contribution is 5.95. The standard InChI is InChI=1S/C21H22FN3O3/c1-14-3-9-18(13-15(14)2)23-19(26)11-12-21(28)25-24-20(27)10-6-16-4-7-17(22)8-5-16/h3-10,13H,11-12H2,1-2H3,(H,23,26)(H,24,27)(H,25,28)/b10-6+. The van der Waals surface area contributed by atoms with Crippen molar-refractivity contribution >= 4 is 29.5 Å². The third-order valence-electron chi connectivity index (χ3n) is 3.99. The highest BCUT2D eigenvalue weighted by Crippen LogP contribution is 2.14. The number of carbonyl (C=O) groups is 3. The van der Waals surface area contributed by atoms with Gasteiger partial charge in [0.05, 0.1) is 0 Å². The smallest absolute Gasteiger partial charge is 0.262 e. The second kappa shape index (κ2) is 10.0. The van der Waals surface area contributed by atoms with Crippen molar-refractivity contribution in [1.82, 2.24) is 10.9 Å². The third-order valence-corrected chi connectivity index (χ3v) is 3.99. The number of benzene rings is 2. The summed E-state index contributed by atoms with van der Waals surface area (Å²) in [5.74, 6) is -1.69. The van der Waals surface area contributed by atoms with Crippen LogP contribution in [0, 0.1) is 19.7 Å². The van der Waals surface area contributed by atoms with Gasteiger partial charge < -0.3 is 5.32 Å². The summed E-state index contributed by atoms with van der Waals surface area (Å²) >= 11 is 0. The van der Waals surface area contributed by atoms with Crippen molar-refractivity contribution < 1.29 is 18.8 Å². The maximum Gasteiger partial charge on any atom is 0.262 e. The van der Waals surface area contributed by atoms with E-state index >= 15 is 0 Å². The van der Waals surface area contributed by atoms with Crippen molar-refractivity contribution in [2.45, 2.75) is 26.7 Å². The summed E-state index contributed by atoms with van der Waals surface area (Å²) < 4.78 is 12.8. The fraction of sp³-hybridized carbons (Fsp3) is 0.190. The van der Waals surface area contributed by atoms with Gasteiger partial charge in [0.2, 0.25) is 11.8 Å².